The molecule has 0 saturated heterocycles. The summed E-state index contributed by atoms with van der Waals surface area (Å²) in [5, 5.41) is 44.3. The first-order valence-electron chi connectivity index (χ1n) is 5.39. The Labute approximate surface area is 206 Å². The number of carbonyl (C=O) groups excluding carboxylic acids is 4. The number of carboxylic acid groups (broad SMARTS) is 4. The van der Waals surface area contributed by atoms with Crippen LogP contribution in [0.5, 0.6) is 0 Å². The van der Waals surface area contributed by atoms with Gasteiger partial charge < -0.3 is 50.7 Å². The van der Waals surface area contributed by atoms with Crippen molar-refractivity contribution in [2.24, 2.45) is 5.73 Å². The molecule has 0 amide bonds. The van der Waals surface area contributed by atoms with Crippen molar-refractivity contribution >= 4 is 61.6 Å². The number of nitrogens with one attached hydrogen (secondary N) is 1. The van der Waals surface area contributed by atoms with Crippen molar-refractivity contribution in [3.05, 3.63) is 0 Å². The number of carbonyl (C=O) groups is 4. The minimum atomic E-state index is -2.07. The molecule has 0 aliphatic carbocycles. The number of aliphatic carboxylic acids is 4. The third-order valence-electron chi connectivity index (χ3n) is 2.60. The molecule has 114 valence electrons. The maximum absolute atomic E-state index is 10.7. The molecule has 0 aromatic carbocycles. The van der Waals surface area contributed by atoms with Crippen molar-refractivity contribution in [1.29, 1.82) is 0 Å². The van der Waals surface area contributed by atoms with E-state index in [0.29, 0.717) is 0 Å². The Morgan fingerprint density at radius 3 is 1.52 bits per heavy atom. The third kappa shape index (κ3) is 14.0. The topological polar surface area (TPSA) is 199 Å². The molecule has 0 heterocycles. The molecule has 13 heteroatoms. The third-order valence-corrected chi connectivity index (χ3v) is 2.60. The maximum Gasteiger partial charge on any atom is 2.00 e. The summed E-state index contributed by atoms with van der Waals surface area (Å²) in [6.45, 7) is -0.929. The van der Waals surface area contributed by atoms with Gasteiger partial charge in [-0.1, -0.05) is 0 Å². The van der Waals surface area contributed by atoms with Crippen molar-refractivity contribution in [2.45, 2.75) is 30.8 Å². The second-order valence-corrected chi connectivity index (χ2v) is 4.16. The molecule has 0 radical (unpaired) electrons. The van der Waals surface area contributed by atoms with Gasteiger partial charge in [-0.3, -0.25) is 0 Å². The van der Waals surface area contributed by atoms with Crippen LogP contribution in [0.25, 0.3) is 0 Å². The summed E-state index contributed by atoms with van der Waals surface area (Å²) < 4.78 is 0. The number of hydrogen-bond donors (Lipinski definition) is 2. The Kier molecular flexibility index (Phi) is 21.2. The van der Waals surface area contributed by atoms with Gasteiger partial charge >= 0.3 is 96.9 Å². The first kappa shape index (κ1) is 31.8. The van der Waals surface area contributed by atoms with Gasteiger partial charge in [0.2, 0.25) is 0 Å². The summed E-state index contributed by atoms with van der Waals surface area (Å²) in [6, 6.07) is -1.55. The summed E-state index contributed by atoms with van der Waals surface area (Å²) in [7, 11) is 0. The smallest absolute Gasteiger partial charge is 0.550 e. The average molecular weight is 374 g/mol. The Morgan fingerprint density at radius 2 is 1.26 bits per heavy atom. The van der Waals surface area contributed by atoms with E-state index < -0.39 is 61.3 Å². The van der Waals surface area contributed by atoms with Crippen LogP contribution in [0.2, 0.25) is 0 Å². The molecule has 0 rings (SSSR count). The molecule has 0 spiro atoms. The maximum atomic E-state index is 10.7. The van der Waals surface area contributed by atoms with Crippen molar-refractivity contribution in [3.8, 4) is 0 Å². The fraction of sp³-hybridized carbons (Fsp3) is 0.600. The number of nitrogens with two attached hydrogens (primary N) is 1. The van der Waals surface area contributed by atoms with Gasteiger partial charge in [0.15, 0.2) is 0 Å². The van der Waals surface area contributed by atoms with Crippen LogP contribution in [-0.4, -0.2) is 79.7 Å². The second kappa shape index (κ2) is 15.3. The monoisotopic (exact) mass is 374 g/mol. The van der Waals surface area contributed by atoms with Crippen LogP contribution in [0, 0.1) is 0 Å². The zero-order chi connectivity index (χ0) is 15.9. The van der Waals surface area contributed by atoms with Gasteiger partial charge in [0.1, 0.15) is 0 Å². The minimum Gasteiger partial charge on any atom is -0.550 e. The van der Waals surface area contributed by atoms with E-state index in [9.17, 15) is 39.6 Å². The molecule has 10 nitrogen and oxygen atoms in total. The van der Waals surface area contributed by atoms with E-state index in [2.05, 4.69) is 5.32 Å². The van der Waals surface area contributed by atoms with E-state index in [4.69, 9.17) is 5.73 Å². The fourth-order valence-corrected chi connectivity index (χ4v) is 1.72. The molecule has 23 heavy (non-hydrogen) atoms. The zero-order valence-corrected chi connectivity index (χ0v) is 19.2. The SMILES string of the molecule is NC(CC(=O)[O-])C(CC(=O)[O-])(CC(=O)[O-])NCC(=O)[O-].[Ca+2].[Na+].[Na+]. The molecule has 0 fully saturated rings. The van der Waals surface area contributed by atoms with Crippen molar-refractivity contribution in [1.82, 2.24) is 5.32 Å². The normalized spacial score (nSPS) is 11.0. The average Bonchev–Trinajstić information content (AvgIpc) is 2.23. The molecule has 1 atom stereocenters. The van der Waals surface area contributed by atoms with Gasteiger partial charge in [0.25, 0.3) is 0 Å². The van der Waals surface area contributed by atoms with Crippen LogP contribution in [0.1, 0.15) is 19.3 Å². The van der Waals surface area contributed by atoms with E-state index >= 15 is 0 Å². The Morgan fingerprint density at radius 1 is 0.870 bits per heavy atom. The van der Waals surface area contributed by atoms with E-state index in [1.165, 1.54) is 0 Å². The van der Waals surface area contributed by atoms with Gasteiger partial charge in [-0.15, -0.1) is 0 Å². The van der Waals surface area contributed by atoms with Crippen molar-refractivity contribution in [3.63, 3.8) is 0 Å². The standard InChI is InChI=1S/C10H16N2O8.Ca.2Na/c11-5(1-6(13)14)10(2-7(15)16,3-8(17)18)12-4-9(19)20;;;/h5,12H,1-4,11H2,(H,13,14)(H,15,16)(H,17,18)(H,19,20);;;/q;+2;2*+1/p-4. The van der Waals surface area contributed by atoms with E-state index in [0.717, 1.165) is 0 Å². The molecule has 0 aliphatic heterocycles. The number of carboxylic acids is 4. The molecule has 0 aromatic heterocycles. The first-order valence-corrected chi connectivity index (χ1v) is 5.39. The predicted molar refractivity (Wildman–Crippen MR) is 58.3 cm³/mol. The number of rotatable bonds is 10. The molecule has 1 unspecified atom stereocenters. The summed E-state index contributed by atoms with van der Waals surface area (Å²) >= 11 is 0. The van der Waals surface area contributed by atoms with E-state index in [1.54, 1.807) is 0 Å². The summed E-state index contributed by atoms with van der Waals surface area (Å²) in [4.78, 5) is 42.3. The van der Waals surface area contributed by atoms with Crippen molar-refractivity contribution in [2.75, 3.05) is 6.54 Å². The van der Waals surface area contributed by atoms with Crippen LogP contribution in [0.4, 0.5) is 0 Å². The molecule has 0 saturated carbocycles. The molecule has 3 N–H and O–H groups in total. The second-order valence-electron chi connectivity index (χ2n) is 4.16. The van der Waals surface area contributed by atoms with Crippen LogP contribution >= 0.6 is 0 Å². The Bertz CT molecular complexity index is 408. The molecular formula is C10H12CaN2Na2O8. The largest absolute Gasteiger partial charge is 2.00 e. The van der Waals surface area contributed by atoms with Crippen molar-refractivity contribution < 1.29 is 98.7 Å². The van der Waals surface area contributed by atoms with Gasteiger partial charge in [-0.2, -0.15) is 0 Å². The summed E-state index contributed by atoms with van der Waals surface area (Å²) in [6.07, 6.45) is -2.94. The van der Waals surface area contributed by atoms with Gasteiger partial charge in [0.05, 0.1) is 5.97 Å². The molecular weight excluding hydrogens is 362 g/mol. The molecule has 0 aliphatic rings. The zero-order valence-electron chi connectivity index (χ0n) is 13.0. The summed E-state index contributed by atoms with van der Waals surface area (Å²) in [5.74, 6) is -6.81. The fourth-order valence-electron chi connectivity index (χ4n) is 1.72. The summed E-state index contributed by atoms with van der Waals surface area (Å²) in [5.41, 5.74) is 3.39. The van der Waals surface area contributed by atoms with Crippen LogP contribution in [-0.2, 0) is 19.2 Å². The van der Waals surface area contributed by atoms with Crippen LogP contribution < -0.4 is 90.6 Å². The quantitative estimate of drug-likeness (QED) is 0.346. The van der Waals surface area contributed by atoms with Crippen LogP contribution in [0.15, 0.2) is 0 Å². The van der Waals surface area contributed by atoms with Gasteiger partial charge in [0, 0.05) is 55.3 Å². The minimum absolute atomic E-state index is 0. The Hall–Kier alpha value is 1.06. The van der Waals surface area contributed by atoms with Gasteiger partial charge in [-0.05, 0) is 0 Å². The van der Waals surface area contributed by atoms with Crippen LogP contribution in [0.3, 0.4) is 0 Å². The van der Waals surface area contributed by atoms with E-state index in [1.807, 2.05) is 0 Å². The predicted octanol–water partition coefficient (Wildman–Crippen LogP) is -13.6. The Balaban J connectivity index is -0.000000602. The molecule has 0 aromatic rings. The number of hydrogen-bond acceptors (Lipinski definition) is 10. The van der Waals surface area contributed by atoms with E-state index in [-0.39, 0.29) is 96.9 Å². The first-order chi connectivity index (χ1) is 9.09. The molecule has 0 bridgehead atoms. The van der Waals surface area contributed by atoms with Gasteiger partial charge in [-0.25, -0.2) is 0 Å².